The van der Waals surface area contributed by atoms with Crippen LogP contribution in [-0.4, -0.2) is 45.3 Å². The lowest BCUT2D eigenvalue weighted by atomic mass is 10.1. The van der Waals surface area contributed by atoms with Gasteiger partial charge in [-0.15, -0.1) is 0 Å². The topological polar surface area (TPSA) is 84.7 Å². The van der Waals surface area contributed by atoms with Crippen molar-refractivity contribution in [2.75, 3.05) is 13.7 Å². The third-order valence-electron chi connectivity index (χ3n) is 4.06. The first-order valence-corrected chi connectivity index (χ1v) is 8.46. The van der Waals surface area contributed by atoms with Gasteiger partial charge >= 0.3 is 5.97 Å². The summed E-state index contributed by atoms with van der Waals surface area (Å²) < 4.78 is 6.98. The first-order chi connectivity index (χ1) is 12.3. The molecule has 1 N–H and O–H groups in total. The Morgan fingerprint density at radius 3 is 2.46 bits per heavy atom. The van der Waals surface area contributed by atoms with E-state index in [0.717, 1.165) is 17.0 Å². The molecule has 1 unspecified atom stereocenters. The largest absolute Gasteiger partial charge is 0.482 e. The van der Waals surface area contributed by atoms with Gasteiger partial charge in [-0.3, -0.25) is 9.48 Å². The van der Waals surface area contributed by atoms with Gasteiger partial charge in [0.2, 0.25) is 5.91 Å². The normalized spacial score (nSPS) is 11.8. The second-order valence-corrected chi connectivity index (χ2v) is 6.50. The average Bonchev–Trinajstić information content (AvgIpc) is 2.92. The molecule has 7 heteroatoms. The summed E-state index contributed by atoms with van der Waals surface area (Å²) in [6, 6.07) is 9.05. The van der Waals surface area contributed by atoms with Crippen molar-refractivity contribution in [1.82, 2.24) is 14.7 Å². The van der Waals surface area contributed by atoms with Gasteiger partial charge < -0.3 is 14.7 Å². The van der Waals surface area contributed by atoms with Gasteiger partial charge in [-0.1, -0.05) is 12.1 Å². The molecule has 0 saturated heterocycles. The third-order valence-corrected chi connectivity index (χ3v) is 4.06. The van der Waals surface area contributed by atoms with Gasteiger partial charge in [0.25, 0.3) is 0 Å². The number of hydrogen-bond acceptors (Lipinski definition) is 4. The summed E-state index contributed by atoms with van der Waals surface area (Å²) in [5.41, 5.74) is 2.94. The van der Waals surface area contributed by atoms with E-state index in [9.17, 15) is 9.59 Å². The first kappa shape index (κ1) is 19.5. The average molecular weight is 359 g/mol. The lowest BCUT2D eigenvalue weighted by Gasteiger charge is -2.21. The molecule has 0 aliphatic rings. The predicted octanol–water partition coefficient (Wildman–Crippen LogP) is 2.57. The number of carbonyl (C=O) groups excluding carboxylic acids is 1. The Morgan fingerprint density at radius 1 is 1.27 bits per heavy atom. The summed E-state index contributed by atoms with van der Waals surface area (Å²) in [6.45, 7) is 6.01. The van der Waals surface area contributed by atoms with E-state index in [2.05, 4.69) is 5.10 Å². The third kappa shape index (κ3) is 5.34. The van der Waals surface area contributed by atoms with Crippen LogP contribution in [0.1, 0.15) is 36.3 Å². The van der Waals surface area contributed by atoms with Gasteiger partial charge in [0, 0.05) is 25.7 Å². The molecule has 1 atom stereocenters. The molecule has 1 amide bonds. The van der Waals surface area contributed by atoms with Crippen molar-refractivity contribution in [2.24, 2.45) is 0 Å². The SMILES string of the molecule is Cc1cc(C)n(C(C)CC(=O)N(C)Cc2ccc(OCC(=O)O)cc2)n1. The van der Waals surface area contributed by atoms with Gasteiger partial charge in [-0.25, -0.2) is 4.79 Å². The number of aromatic nitrogens is 2. The first-order valence-electron chi connectivity index (χ1n) is 8.46. The summed E-state index contributed by atoms with van der Waals surface area (Å²) in [6.07, 6.45) is 0.373. The van der Waals surface area contributed by atoms with E-state index in [1.807, 2.05) is 43.7 Å². The quantitative estimate of drug-likeness (QED) is 0.783. The number of carboxylic acids is 1. The highest BCUT2D eigenvalue weighted by Gasteiger charge is 2.17. The van der Waals surface area contributed by atoms with Gasteiger partial charge in [0.05, 0.1) is 11.7 Å². The van der Waals surface area contributed by atoms with Crippen LogP contribution in [0.5, 0.6) is 5.75 Å². The van der Waals surface area contributed by atoms with E-state index >= 15 is 0 Å². The second-order valence-electron chi connectivity index (χ2n) is 6.50. The Balaban J connectivity index is 1.90. The van der Waals surface area contributed by atoms with E-state index in [1.165, 1.54) is 0 Å². The highest BCUT2D eigenvalue weighted by atomic mass is 16.5. The molecule has 140 valence electrons. The lowest BCUT2D eigenvalue weighted by Crippen LogP contribution is -2.28. The van der Waals surface area contributed by atoms with Crippen molar-refractivity contribution in [2.45, 2.75) is 39.8 Å². The Labute approximate surface area is 153 Å². The number of hydrogen-bond donors (Lipinski definition) is 1. The Hall–Kier alpha value is -2.83. The lowest BCUT2D eigenvalue weighted by molar-refractivity contribution is -0.139. The molecule has 7 nitrogen and oxygen atoms in total. The summed E-state index contributed by atoms with van der Waals surface area (Å²) in [7, 11) is 1.77. The van der Waals surface area contributed by atoms with Crippen LogP contribution in [0.3, 0.4) is 0 Å². The molecule has 0 fully saturated rings. The summed E-state index contributed by atoms with van der Waals surface area (Å²) in [5.74, 6) is -0.490. The molecule has 1 heterocycles. The van der Waals surface area contributed by atoms with Gasteiger partial charge in [0.15, 0.2) is 6.61 Å². The minimum Gasteiger partial charge on any atom is -0.482 e. The fraction of sp³-hybridized carbons (Fsp3) is 0.421. The predicted molar refractivity (Wildman–Crippen MR) is 97.1 cm³/mol. The van der Waals surface area contributed by atoms with Gasteiger partial charge in [-0.05, 0) is 44.5 Å². The minimum atomic E-state index is -1.02. The number of carboxylic acid groups (broad SMARTS) is 1. The zero-order valence-corrected chi connectivity index (χ0v) is 15.6. The monoisotopic (exact) mass is 359 g/mol. The zero-order valence-electron chi connectivity index (χ0n) is 15.6. The van der Waals surface area contributed by atoms with Crippen LogP contribution in [0.2, 0.25) is 0 Å². The molecule has 1 aromatic heterocycles. The molecule has 2 rings (SSSR count). The molecule has 0 aliphatic heterocycles. The smallest absolute Gasteiger partial charge is 0.341 e. The maximum atomic E-state index is 12.5. The molecule has 0 bridgehead atoms. The fourth-order valence-corrected chi connectivity index (χ4v) is 2.79. The summed E-state index contributed by atoms with van der Waals surface area (Å²) >= 11 is 0. The van der Waals surface area contributed by atoms with Crippen molar-refractivity contribution < 1.29 is 19.4 Å². The zero-order chi connectivity index (χ0) is 19.3. The van der Waals surface area contributed by atoms with Gasteiger partial charge in [-0.2, -0.15) is 5.10 Å². The number of aliphatic carboxylic acids is 1. The molecule has 1 aromatic carbocycles. The fourth-order valence-electron chi connectivity index (χ4n) is 2.79. The van der Waals surface area contributed by atoms with Crippen molar-refractivity contribution in [3.05, 3.63) is 47.3 Å². The van der Waals surface area contributed by atoms with Gasteiger partial charge in [0.1, 0.15) is 5.75 Å². The molecule has 2 aromatic rings. The van der Waals surface area contributed by atoms with Crippen molar-refractivity contribution in [1.29, 1.82) is 0 Å². The van der Waals surface area contributed by atoms with Crippen LogP contribution in [0.4, 0.5) is 0 Å². The number of aryl methyl sites for hydroxylation is 2. The Kier molecular flexibility index (Phi) is 6.38. The number of amides is 1. The maximum absolute atomic E-state index is 12.5. The molecule has 0 radical (unpaired) electrons. The van der Waals surface area contributed by atoms with Crippen LogP contribution in [0, 0.1) is 13.8 Å². The van der Waals surface area contributed by atoms with Crippen LogP contribution < -0.4 is 4.74 Å². The highest BCUT2D eigenvalue weighted by Crippen LogP contribution is 2.17. The number of ether oxygens (including phenoxy) is 1. The van der Waals surface area contributed by atoms with Crippen LogP contribution in [0.15, 0.2) is 30.3 Å². The number of rotatable bonds is 8. The van der Waals surface area contributed by atoms with E-state index in [1.54, 1.807) is 24.1 Å². The Bertz CT molecular complexity index is 768. The second kappa shape index (κ2) is 8.51. The molecular formula is C19H25N3O4. The van der Waals surface area contributed by atoms with Crippen molar-refractivity contribution >= 4 is 11.9 Å². The van der Waals surface area contributed by atoms with Crippen LogP contribution in [0.25, 0.3) is 0 Å². The number of benzene rings is 1. The molecular weight excluding hydrogens is 334 g/mol. The molecule has 26 heavy (non-hydrogen) atoms. The maximum Gasteiger partial charge on any atom is 0.341 e. The number of nitrogens with zero attached hydrogens (tertiary/aromatic N) is 3. The van der Waals surface area contributed by atoms with E-state index in [-0.39, 0.29) is 18.6 Å². The standard InChI is InChI=1S/C19H25N3O4/c1-13-9-14(2)22(20-13)15(3)10-18(23)21(4)11-16-5-7-17(8-6-16)26-12-19(24)25/h5-9,15H,10-12H2,1-4H3,(H,24,25). The van der Waals surface area contributed by atoms with E-state index in [4.69, 9.17) is 9.84 Å². The molecule has 0 aliphatic carbocycles. The van der Waals surface area contributed by atoms with Crippen LogP contribution >= 0.6 is 0 Å². The summed E-state index contributed by atoms with van der Waals surface area (Å²) in [5, 5.41) is 13.0. The van der Waals surface area contributed by atoms with Crippen molar-refractivity contribution in [3.63, 3.8) is 0 Å². The van der Waals surface area contributed by atoms with Crippen molar-refractivity contribution in [3.8, 4) is 5.75 Å². The highest BCUT2D eigenvalue weighted by molar-refractivity contribution is 5.76. The van der Waals surface area contributed by atoms with E-state index in [0.29, 0.717) is 18.7 Å². The van der Waals surface area contributed by atoms with Crippen LogP contribution in [-0.2, 0) is 16.1 Å². The number of carbonyl (C=O) groups is 2. The minimum absolute atomic E-state index is 0.00885. The molecule has 0 spiro atoms. The molecule has 0 saturated carbocycles. The Morgan fingerprint density at radius 2 is 1.92 bits per heavy atom. The van der Waals surface area contributed by atoms with E-state index < -0.39 is 5.97 Å². The summed E-state index contributed by atoms with van der Waals surface area (Å²) in [4.78, 5) is 24.7.